The standard InChI is InChI=1S/C10H8Cl2F2O3/c1-2-16-9(15)6-3-5(11)4-7(8(6)12)17-10(13)14/h3-4,10H,2H2,1H3. The first-order valence-electron chi connectivity index (χ1n) is 4.56. The fraction of sp³-hybridized carbons (Fsp3) is 0.300. The molecular formula is C10H8Cl2F2O3. The van der Waals surface area contributed by atoms with Gasteiger partial charge in [-0.15, -0.1) is 0 Å². The number of carbonyl (C=O) groups is 1. The molecule has 0 radical (unpaired) electrons. The van der Waals surface area contributed by atoms with Crippen LogP contribution in [-0.4, -0.2) is 19.2 Å². The first-order chi connectivity index (χ1) is 7.95. The van der Waals surface area contributed by atoms with Crippen LogP contribution in [0.5, 0.6) is 5.75 Å². The summed E-state index contributed by atoms with van der Waals surface area (Å²) < 4.78 is 33.0. The number of halogens is 4. The number of rotatable bonds is 4. The van der Waals surface area contributed by atoms with Crippen LogP contribution in [0, 0.1) is 0 Å². The van der Waals surface area contributed by atoms with Crippen LogP contribution >= 0.6 is 23.2 Å². The van der Waals surface area contributed by atoms with Gasteiger partial charge in [-0.3, -0.25) is 0 Å². The van der Waals surface area contributed by atoms with Crippen LogP contribution in [0.2, 0.25) is 10.0 Å². The number of alkyl halides is 2. The Morgan fingerprint density at radius 2 is 2.06 bits per heavy atom. The zero-order chi connectivity index (χ0) is 13.0. The van der Waals surface area contributed by atoms with Crippen LogP contribution in [0.3, 0.4) is 0 Å². The summed E-state index contributed by atoms with van der Waals surface area (Å²) in [7, 11) is 0. The van der Waals surface area contributed by atoms with E-state index in [0.29, 0.717) is 0 Å². The van der Waals surface area contributed by atoms with Gasteiger partial charge in [0.1, 0.15) is 5.75 Å². The van der Waals surface area contributed by atoms with Crippen molar-refractivity contribution in [3.8, 4) is 5.75 Å². The highest BCUT2D eigenvalue weighted by Crippen LogP contribution is 2.33. The molecule has 0 saturated heterocycles. The molecule has 0 saturated carbocycles. The first kappa shape index (κ1) is 14.0. The van der Waals surface area contributed by atoms with E-state index in [1.165, 1.54) is 6.07 Å². The molecule has 0 heterocycles. The SMILES string of the molecule is CCOC(=O)c1cc(Cl)cc(OC(F)F)c1Cl. The molecule has 0 spiro atoms. The highest BCUT2D eigenvalue weighted by molar-refractivity contribution is 6.37. The van der Waals surface area contributed by atoms with E-state index >= 15 is 0 Å². The molecule has 0 aromatic heterocycles. The largest absolute Gasteiger partial charge is 0.462 e. The average Bonchev–Trinajstić information content (AvgIpc) is 2.22. The van der Waals surface area contributed by atoms with Gasteiger partial charge in [0, 0.05) is 11.1 Å². The van der Waals surface area contributed by atoms with Crippen LogP contribution in [0.1, 0.15) is 17.3 Å². The molecule has 17 heavy (non-hydrogen) atoms. The smallest absolute Gasteiger partial charge is 0.387 e. The van der Waals surface area contributed by atoms with Crippen molar-refractivity contribution in [2.24, 2.45) is 0 Å². The van der Waals surface area contributed by atoms with Gasteiger partial charge in [0.25, 0.3) is 0 Å². The van der Waals surface area contributed by atoms with Crippen LogP contribution in [0.15, 0.2) is 12.1 Å². The summed E-state index contributed by atoms with van der Waals surface area (Å²) in [6.07, 6.45) is 0. The Balaban J connectivity index is 3.13. The fourth-order valence-electron chi connectivity index (χ4n) is 1.10. The van der Waals surface area contributed by atoms with Crippen molar-refractivity contribution in [3.05, 3.63) is 27.7 Å². The monoisotopic (exact) mass is 284 g/mol. The summed E-state index contributed by atoms with van der Waals surface area (Å²) in [6.45, 7) is -1.32. The highest BCUT2D eigenvalue weighted by atomic mass is 35.5. The maximum absolute atomic E-state index is 12.1. The Labute approximate surface area is 106 Å². The van der Waals surface area contributed by atoms with Gasteiger partial charge in [-0.25, -0.2) is 4.79 Å². The number of ether oxygens (including phenoxy) is 2. The van der Waals surface area contributed by atoms with Gasteiger partial charge in [-0.2, -0.15) is 8.78 Å². The van der Waals surface area contributed by atoms with Gasteiger partial charge < -0.3 is 9.47 Å². The molecule has 0 aliphatic carbocycles. The topological polar surface area (TPSA) is 35.5 Å². The lowest BCUT2D eigenvalue weighted by atomic mass is 10.2. The van der Waals surface area contributed by atoms with Crippen LogP contribution in [0.4, 0.5) is 8.78 Å². The molecule has 7 heteroatoms. The summed E-state index contributed by atoms with van der Waals surface area (Å²) in [5.74, 6) is -1.11. The molecule has 3 nitrogen and oxygen atoms in total. The van der Waals surface area contributed by atoms with Crippen molar-refractivity contribution in [3.63, 3.8) is 0 Å². The van der Waals surface area contributed by atoms with E-state index in [0.717, 1.165) is 6.07 Å². The normalized spacial score (nSPS) is 10.5. The van der Waals surface area contributed by atoms with Crippen molar-refractivity contribution >= 4 is 29.2 Å². The van der Waals surface area contributed by atoms with Gasteiger partial charge >= 0.3 is 12.6 Å². The van der Waals surface area contributed by atoms with E-state index in [1.807, 2.05) is 0 Å². The van der Waals surface area contributed by atoms with Crippen LogP contribution < -0.4 is 4.74 Å². The van der Waals surface area contributed by atoms with Gasteiger partial charge in [-0.1, -0.05) is 23.2 Å². The summed E-state index contributed by atoms with van der Waals surface area (Å²) >= 11 is 11.4. The van der Waals surface area contributed by atoms with Crippen molar-refractivity contribution < 1.29 is 23.0 Å². The Kier molecular flexibility index (Phi) is 4.96. The molecule has 0 bridgehead atoms. The van der Waals surface area contributed by atoms with Crippen molar-refractivity contribution in [2.75, 3.05) is 6.61 Å². The lowest BCUT2D eigenvalue weighted by Gasteiger charge is -2.10. The van der Waals surface area contributed by atoms with Crippen LogP contribution in [-0.2, 0) is 4.74 Å². The number of hydrogen-bond acceptors (Lipinski definition) is 3. The third-order valence-corrected chi connectivity index (χ3v) is 2.32. The molecule has 0 N–H and O–H groups in total. The number of carbonyl (C=O) groups excluding carboxylic acids is 1. The average molecular weight is 285 g/mol. The van der Waals surface area contributed by atoms with Gasteiger partial charge in [-0.05, 0) is 13.0 Å². The number of benzene rings is 1. The second-order valence-corrected chi connectivity index (χ2v) is 3.68. The zero-order valence-corrected chi connectivity index (χ0v) is 10.2. The summed E-state index contributed by atoms with van der Waals surface area (Å²) in [5.41, 5.74) is -0.114. The molecule has 0 unspecified atom stereocenters. The maximum Gasteiger partial charge on any atom is 0.387 e. The first-order valence-corrected chi connectivity index (χ1v) is 5.32. The molecule has 0 aliphatic rings. The molecule has 1 rings (SSSR count). The van der Waals surface area contributed by atoms with E-state index in [9.17, 15) is 13.6 Å². The van der Waals surface area contributed by atoms with Gasteiger partial charge in [0.15, 0.2) is 0 Å². The Hall–Kier alpha value is -1.07. The minimum atomic E-state index is -3.05. The van der Waals surface area contributed by atoms with E-state index in [4.69, 9.17) is 27.9 Å². The Morgan fingerprint density at radius 3 is 2.59 bits per heavy atom. The molecule has 0 fully saturated rings. The van der Waals surface area contributed by atoms with Crippen molar-refractivity contribution in [1.82, 2.24) is 0 Å². The fourth-order valence-corrected chi connectivity index (χ4v) is 1.54. The van der Waals surface area contributed by atoms with Crippen LogP contribution in [0.25, 0.3) is 0 Å². The minimum Gasteiger partial charge on any atom is -0.462 e. The third-order valence-electron chi connectivity index (χ3n) is 1.72. The molecule has 0 atom stereocenters. The Morgan fingerprint density at radius 1 is 1.41 bits per heavy atom. The molecule has 0 amide bonds. The predicted molar refractivity (Wildman–Crippen MR) is 59.1 cm³/mol. The molecule has 1 aromatic rings. The van der Waals surface area contributed by atoms with E-state index in [-0.39, 0.29) is 28.0 Å². The Bertz CT molecular complexity index is 424. The lowest BCUT2D eigenvalue weighted by Crippen LogP contribution is -2.08. The molecule has 1 aromatic carbocycles. The van der Waals surface area contributed by atoms with Gasteiger partial charge in [0.2, 0.25) is 0 Å². The lowest BCUT2D eigenvalue weighted by molar-refractivity contribution is -0.0498. The third kappa shape index (κ3) is 3.71. The van der Waals surface area contributed by atoms with E-state index < -0.39 is 12.6 Å². The van der Waals surface area contributed by atoms with Gasteiger partial charge in [0.05, 0.1) is 17.2 Å². The minimum absolute atomic E-state index is 0.0492. The molecular weight excluding hydrogens is 277 g/mol. The summed E-state index contributed by atoms with van der Waals surface area (Å²) in [4.78, 5) is 11.4. The van der Waals surface area contributed by atoms with Crippen molar-refractivity contribution in [1.29, 1.82) is 0 Å². The molecule has 94 valence electrons. The molecule has 0 aliphatic heterocycles. The second-order valence-electron chi connectivity index (χ2n) is 2.86. The number of esters is 1. The van der Waals surface area contributed by atoms with E-state index in [1.54, 1.807) is 6.92 Å². The predicted octanol–water partition coefficient (Wildman–Crippen LogP) is 3.77. The number of hydrogen-bond donors (Lipinski definition) is 0. The quantitative estimate of drug-likeness (QED) is 0.790. The van der Waals surface area contributed by atoms with E-state index in [2.05, 4.69) is 4.74 Å². The summed E-state index contributed by atoms with van der Waals surface area (Å²) in [5, 5.41) is -0.207. The second kappa shape index (κ2) is 6.02. The highest BCUT2D eigenvalue weighted by Gasteiger charge is 2.19. The summed E-state index contributed by atoms with van der Waals surface area (Å²) in [6, 6.07) is 2.32. The maximum atomic E-state index is 12.1. The zero-order valence-electron chi connectivity index (χ0n) is 8.68. The van der Waals surface area contributed by atoms with Crippen molar-refractivity contribution in [2.45, 2.75) is 13.5 Å².